The molecule has 1 aromatic rings. The van der Waals surface area contributed by atoms with Crippen LogP contribution in [0.15, 0.2) is 29.2 Å². The summed E-state index contributed by atoms with van der Waals surface area (Å²) in [5, 5.41) is 0. The second-order valence-corrected chi connectivity index (χ2v) is 7.32. The molecule has 1 aliphatic heterocycles. The molecule has 102 valence electrons. The molecule has 0 radical (unpaired) electrons. The lowest BCUT2D eigenvalue weighted by Crippen LogP contribution is -2.39. The molecule has 0 saturated heterocycles. The lowest BCUT2D eigenvalue weighted by atomic mass is 9.91. The van der Waals surface area contributed by atoms with E-state index in [0.29, 0.717) is 4.31 Å². The molecule has 0 bridgehead atoms. The third kappa shape index (κ3) is 2.16. The minimum Gasteiger partial charge on any atom is -0.297 e. The fourth-order valence-corrected chi connectivity index (χ4v) is 3.28. The summed E-state index contributed by atoms with van der Waals surface area (Å²) in [7, 11) is -3.89. The van der Waals surface area contributed by atoms with Gasteiger partial charge in [0, 0.05) is 5.41 Å². The summed E-state index contributed by atoms with van der Waals surface area (Å²) in [6.07, 6.45) is 0. The number of Topliss-reactive ketones (excluding diaryl/α,β-unsaturated/α-hetero) is 1. The Morgan fingerprint density at radius 3 is 2.32 bits per heavy atom. The lowest BCUT2D eigenvalue weighted by Gasteiger charge is -2.21. The number of nitrogens with zero attached hydrogens (tertiary/aromatic N) is 1. The molecular formula is C13H15NO4S. The van der Waals surface area contributed by atoms with E-state index >= 15 is 0 Å². The monoisotopic (exact) mass is 281 g/mol. The molecule has 6 heteroatoms. The van der Waals surface area contributed by atoms with E-state index < -0.39 is 27.9 Å². The zero-order valence-corrected chi connectivity index (χ0v) is 11.8. The molecule has 0 aromatic heterocycles. The molecule has 0 saturated carbocycles. The van der Waals surface area contributed by atoms with Crippen LogP contribution in [0.4, 0.5) is 0 Å². The van der Waals surface area contributed by atoms with Crippen LogP contribution in [0.1, 0.15) is 31.1 Å². The Balaban J connectivity index is 2.42. The highest BCUT2D eigenvalue weighted by Crippen LogP contribution is 2.30. The maximum Gasteiger partial charge on any atom is 0.269 e. The van der Waals surface area contributed by atoms with Crippen molar-refractivity contribution in [2.45, 2.75) is 25.7 Å². The van der Waals surface area contributed by atoms with Gasteiger partial charge in [0.25, 0.3) is 15.9 Å². The van der Waals surface area contributed by atoms with E-state index in [-0.39, 0.29) is 16.2 Å². The number of hydrogen-bond acceptors (Lipinski definition) is 4. The van der Waals surface area contributed by atoms with E-state index in [1.54, 1.807) is 32.9 Å². The van der Waals surface area contributed by atoms with Crippen LogP contribution in [0.3, 0.4) is 0 Å². The summed E-state index contributed by atoms with van der Waals surface area (Å²) in [6, 6.07) is 5.99. The molecule has 0 unspecified atom stereocenters. The maximum atomic E-state index is 12.2. The number of amides is 1. The first kappa shape index (κ1) is 13.7. The van der Waals surface area contributed by atoms with Crippen LogP contribution in [0, 0.1) is 5.41 Å². The van der Waals surface area contributed by atoms with Crippen molar-refractivity contribution < 1.29 is 18.0 Å². The van der Waals surface area contributed by atoms with Crippen LogP contribution in [0.5, 0.6) is 0 Å². The van der Waals surface area contributed by atoms with Gasteiger partial charge in [-0.1, -0.05) is 32.9 Å². The third-order valence-corrected chi connectivity index (χ3v) is 4.82. The Morgan fingerprint density at radius 2 is 1.79 bits per heavy atom. The smallest absolute Gasteiger partial charge is 0.269 e. The number of sulfonamides is 1. The van der Waals surface area contributed by atoms with Gasteiger partial charge in [-0.25, -0.2) is 12.7 Å². The van der Waals surface area contributed by atoms with Gasteiger partial charge < -0.3 is 0 Å². The number of carbonyl (C=O) groups is 2. The summed E-state index contributed by atoms with van der Waals surface area (Å²) in [6.45, 7) is 4.65. The molecule has 0 fully saturated rings. The van der Waals surface area contributed by atoms with Gasteiger partial charge in [-0.15, -0.1) is 0 Å². The summed E-state index contributed by atoms with van der Waals surface area (Å²) in [5.41, 5.74) is -0.561. The van der Waals surface area contributed by atoms with Crippen molar-refractivity contribution in [2.24, 2.45) is 5.41 Å². The molecule has 5 nitrogen and oxygen atoms in total. The van der Waals surface area contributed by atoms with Gasteiger partial charge in [-0.05, 0) is 12.1 Å². The van der Waals surface area contributed by atoms with E-state index in [1.165, 1.54) is 12.1 Å². The Hall–Kier alpha value is -1.69. The Labute approximate surface area is 112 Å². The number of fused-ring (bicyclic) bond motifs is 1. The Kier molecular flexibility index (Phi) is 3.01. The van der Waals surface area contributed by atoms with Gasteiger partial charge in [0.1, 0.15) is 4.90 Å². The molecule has 19 heavy (non-hydrogen) atoms. The molecule has 2 rings (SSSR count). The minimum absolute atomic E-state index is 0.0262. The first-order valence-corrected chi connectivity index (χ1v) is 7.29. The van der Waals surface area contributed by atoms with Crippen LogP contribution in [-0.2, 0) is 14.8 Å². The van der Waals surface area contributed by atoms with Crippen molar-refractivity contribution in [3.05, 3.63) is 29.8 Å². The van der Waals surface area contributed by atoms with Crippen LogP contribution in [0.25, 0.3) is 0 Å². The predicted octanol–water partition coefficient (Wildman–Crippen LogP) is 1.45. The van der Waals surface area contributed by atoms with E-state index in [1.807, 2.05) is 0 Å². The summed E-state index contributed by atoms with van der Waals surface area (Å²) < 4.78 is 25.1. The van der Waals surface area contributed by atoms with Gasteiger partial charge in [-0.2, -0.15) is 0 Å². The van der Waals surface area contributed by atoms with Crippen LogP contribution in [-0.4, -0.2) is 31.0 Å². The first-order chi connectivity index (χ1) is 8.65. The van der Waals surface area contributed by atoms with Crippen molar-refractivity contribution in [1.82, 2.24) is 4.31 Å². The molecule has 0 spiro atoms. The standard InChI is InChI=1S/C13H15NO4S/c1-13(2,3)11(15)8-14-12(16)9-6-4-5-7-10(9)19(14,17)18/h4-7H,8H2,1-3H3. The minimum atomic E-state index is -3.89. The van der Waals surface area contributed by atoms with E-state index in [4.69, 9.17) is 0 Å². The molecule has 1 aliphatic rings. The highest BCUT2D eigenvalue weighted by atomic mass is 32.2. The van der Waals surface area contributed by atoms with Crippen molar-refractivity contribution in [2.75, 3.05) is 6.54 Å². The number of benzene rings is 1. The largest absolute Gasteiger partial charge is 0.297 e. The second kappa shape index (κ2) is 4.16. The third-order valence-electron chi connectivity index (χ3n) is 3.04. The Bertz CT molecular complexity index is 655. The Morgan fingerprint density at radius 1 is 1.21 bits per heavy atom. The van der Waals surface area contributed by atoms with Crippen molar-refractivity contribution in [3.63, 3.8) is 0 Å². The zero-order valence-electron chi connectivity index (χ0n) is 11.0. The summed E-state index contributed by atoms with van der Waals surface area (Å²) in [5.74, 6) is -0.926. The molecular weight excluding hydrogens is 266 g/mol. The molecule has 0 aliphatic carbocycles. The summed E-state index contributed by atoms with van der Waals surface area (Å²) in [4.78, 5) is 24.0. The van der Waals surface area contributed by atoms with Crippen LogP contribution < -0.4 is 0 Å². The average molecular weight is 281 g/mol. The van der Waals surface area contributed by atoms with E-state index in [9.17, 15) is 18.0 Å². The number of carbonyl (C=O) groups excluding carboxylic acids is 2. The number of ketones is 1. The fourth-order valence-electron chi connectivity index (χ4n) is 1.75. The van der Waals surface area contributed by atoms with Crippen molar-refractivity contribution in [1.29, 1.82) is 0 Å². The first-order valence-electron chi connectivity index (χ1n) is 5.85. The highest BCUT2D eigenvalue weighted by molar-refractivity contribution is 7.90. The van der Waals surface area contributed by atoms with Gasteiger partial charge in [0.15, 0.2) is 5.78 Å². The van der Waals surface area contributed by atoms with Crippen LogP contribution in [0.2, 0.25) is 0 Å². The number of rotatable bonds is 2. The topological polar surface area (TPSA) is 71.5 Å². The molecule has 1 heterocycles. The van der Waals surface area contributed by atoms with Gasteiger partial charge in [0.05, 0.1) is 12.1 Å². The second-order valence-electron chi connectivity index (χ2n) is 5.49. The van der Waals surface area contributed by atoms with Gasteiger partial charge >= 0.3 is 0 Å². The highest BCUT2D eigenvalue weighted by Gasteiger charge is 2.42. The lowest BCUT2D eigenvalue weighted by molar-refractivity contribution is -0.126. The van der Waals surface area contributed by atoms with E-state index in [2.05, 4.69) is 0 Å². The van der Waals surface area contributed by atoms with Crippen molar-refractivity contribution in [3.8, 4) is 0 Å². The normalized spacial score (nSPS) is 17.4. The van der Waals surface area contributed by atoms with E-state index in [0.717, 1.165) is 0 Å². The molecule has 0 atom stereocenters. The fraction of sp³-hybridized carbons (Fsp3) is 0.385. The summed E-state index contributed by atoms with van der Waals surface area (Å²) >= 11 is 0. The van der Waals surface area contributed by atoms with Crippen LogP contribution >= 0.6 is 0 Å². The quantitative estimate of drug-likeness (QED) is 0.822. The van der Waals surface area contributed by atoms with Gasteiger partial charge in [0.2, 0.25) is 0 Å². The number of hydrogen-bond donors (Lipinski definition) is 0. The zero-order chi connectivity index (χ0) is 14.4. The molecule has 1 aromatic carbocycles. The SMILES string of the molecule is CC(C)(C)C(=O)CN1C(=O)c2ccccc2S1(=O)=O. The molecule has 0 N–H and O–H groups in total. The average Bonchev–Trinajstić information content (AvgIpc) is 2.50. The predicted molar refractivity (Wildman–Crippen MR) is 69.1 cm³/mol. The van der Waals surface area contributed by atoms with Crippen molar-refractivity contribution >= 4 is 21.7 Å². The van der Waals surface area contributed by atoms with Gasteiger partial charge in [-0.3, -0.25) is 9.59 Å². The molecule has 1 amide bonds. The maximum absolute atomic E-state index is 12.2.